The molecule has 1 unspecified atom stereocenters. The Bertz CT molecular complexity index is 81.3. The first kappa shape index (κ1) is 8.67. The Hall–Kier alpha value is 0.580. The van der Waals surface area contributed by atoms with Crippen molar-refractivity contribution in [2.75, 3.05) is 11.8 Å². The molecule has 0 aliphatic heterocycles. The van der Waals surface area contributed by atoms with Gasteiger partial charge in [0.25, 0.3) is 0 Å². The molecule has 0 nitrogen and oxygen atoms in total. The summed E-state index contributed by atoms with van der Waals surface area (Å²) >= 11 is 11.6. The highest BCUT2D eigenvalue weighted by molar-refractivity contribution is 6.19. The molecule has 0 amide bonds. The van der Waals surface area contributed by atoms with E-state index in [-0.39, 0.29) is 0 Å². The van der Waals surface area contributed by atoms with Crippen LogP contribution in [-0.4, -0.2) is 11.8 Å². The van der Waals surface area contributed by atoms with Gasteiger partial charge in [-0.05, 0) is 24.7 Å². The number of rotatable bonds is 2. The number of hydrogen-bond acceptors (Lipinski definition) is 0. The van der Waals surface area contributed by atoms with Crippen molar-refractivity contribution in [2.24, 2.45) is 11.8 Å². The fraction of sp³-hybridized carbons (Fsp3) is 1.00. The van der Waals surface area contributed by atoms with Crippen LogP contribution in [0.2, 0.25) is 0 Å². The molecule has 1 rings (SSSR count). The molecule has 60 valence electrons. The lowest BCUT2D eigenvalue weighted by molar-refractivity contribution is 0.284. The van der Waals surface area contributed by atoms with Crippen LogP contribution in [0.5, 0.6) is 0 Å². The van der Waals surface area contributed by atoms with E-state index in [0.29, 0.717) is 11.8 Å². The minimum absolute atomic E-state index is 0.702. The monoisotopic (exact) mass is 180 g/mol. The molecule has 1 aliphatic rings. The van der Waals surface area contributed by atoms with Crippen LogP contribution < -0.4 is 0 Å². The zero-order valence-corrected chi connectivity index (χ0v) is 7.67. The van der Waals surface area contributed by atoms with E-state index in [2.05, 4.69) is 0 Å². The van der Waals surface area contributed by atoms with Gasteiger partial charge >= 0.3 is 0 Å². The molecule has 0 radical (unpaired) electrons. The van der Waals surface area contributed by atoms with E-state index >= 15 is 0 Å². The highest BCUT2D eigenvalue weighted by atomic mass is 35.5. The third-order valence-electron chi connectivity index (χ3n) is 2.46. The van der Waals surface area contributed by atoms with E-state index in [9.17, 15) is 0 Å². The minimum atomic E-state index is 0.702. The summed E-state index contributed by atoms with van der Waals surface area (Å²) in [5.41, 5.74) is 0. The van der Waals surface area contributed by atoms with E-state index in [1.165, 1.54) is 25.7 Å². The highest BCUT2D eigenvalue weighted by Gasteiger charge is 2.22. The summed E-state index contributed by atoms with van der Waals surface area (Å²) in [4.78, 5) is 0. The first-order chi connectivity index (χ1) is 4.88. The average molecular weight is 181 g/mol. The fourth-order valence-corrected chi connectivity index (χ4v) is 2.50. The van der Waals surface area contributed by atoms with Crippen LogP contribution in [0.3, 0.4) is 0 Å². The quantitative estimate of drug-likeness (QED) is 0.573. The van der Waals surface area contributed by atoms with Gasteiger partial charge in [0, 0.05) is 11.8 Å². The van der Waals surface area contributed by atoms with Gasteiger partial charge in [-0.25, -0.2) is 0 Å². The van der Waals surface area contributed by atoms with Gasteiger partial charge in [0.05, 0.1) is 0 Å². The second-order valence-corrected chi connectivity index (χ2v) is 3.73. The van der Waals surface area contributed by atoms with Crippen LogP contribution >= 0.6 is 23.2 Å². The molecule has 1 aliphatic carbocycles. The molecule has 0 spiro atoms. The van der Waals surface area contributed by atoms with Crippen LogP contribution in [0.1, 0.15) is 25.7 Å². The maximum absolute atomic E-state index is 5.80. The van der Waals surface area contributed by atoms with E-state index in [4.69, 9.17) is 23.2 Å². The maximum Gasteiger partial charge on any atom is 0.0254 e. The standard InChI is InChI=1S/C8H14Cl2/c9-5-7-3-1-2-4-8(7)6-10/h7-8H,1-6H2/t7-,8?/m1/s1. The summed E-state index contributed by atoms with van der Waals surface area (Å²) in [6.45, 7) is 0. The summed E-state index contributed by atoms with van der Waals surface area (Å²) in [6.07, 6.45) is 5.29. The average Bonchev–Trinajstić information content (AvgIpc) is 2.04. The number of hydrogen-bond donors (Lipinski definition) is 0. The van der Waals surface area contributed by atoms with Gasteiger partial charge in [-0.15, -0.1) is 23.2 Å². The van der Waals surface area contributed by atoms with Crippen molar-refractivity contribution in [1.82, 2.24) is 0 Å². The zero-order valence-electron chi connectivity index (χ0n) is 6.15. The Kier molecular flexibility index (Phi) is 3.87. The Morgan fingerprint density at radius 2 is 1.30 bits per heavy atom. The van der Waals surface area contributed by atoms with Crippen LogP contribution in [-0.2, 0) is 0 Å². The van der Waals surface area contributed by atoms with Crippen molar-refractivity contribution in [1.29, 1.82) is 0 Å². The third kappa shape index (κ3) is 2.03. The van der Waals surface area contributed by atoms with Gasteiger partial charge in [-0.3, -0.25) is 0 Å². The van der Waals surface area contributed by atoms with Crippen molar-refractivity contribution in [3.63, 3.8) is 0 Å². The molecular formula is C8H14Cl2. The summed E-state index contributed by atoms with van der Waals surface area (Å²) in [5, 5.41) is 0. The van der Waals surface area contributed by atoms with Crippen LogP contribution in [0.4, 0.5) is 0 Å². The smallest absolute Gasteiger partial charge is 0.0254 e. The lowest BCUT2D eigenvalue weighted by atomic mass is 9.81. The summed E-state index contributed by atoms with van der Waals surface area (Å²) in [6, 6.07) is 0. The Balaban J connectivity index is 2.34. The van der Waals surface area contributed by atoms with E-state index in [1.54, 1.807) is 0 Å². The maximum atomic E-state index is 5.80. The molecule has 2 heteroatoms. The molecule has 0 saturated heterocycles. The highest BCUT2D eigenvalue weighted by Crippen LogP contribution is 2.31. The van der Waals surface area contributed by atoms with Crippen molar-refractivity contribution in [3.05, 3.63) is 0 Å². The number of halogens is 2. The van der Waals surface area contributed by atoms with Gasteiger partial charge in [0.1, 0.15) is 0 Å². The third-order valence-corrected chi connectivity index (χ3v) is 3.26. The Labute approximate surface area is 72.9 Å². The Morgan fingerprint density at radius 3 is 1.60 bits per heavy atom. The predicted octanol–water partition coefficient (Wildman–Crippen LogP) is 3.27. The fourth-order valence-electron chi connectivity index (χ4n) is 1.69. The molecule has 0 N–H and O–H groups in total. The van der Waals surface area contributed by atoms with Crippen molar-refractivity contribution >= 4 is 23.2 Å². The first-order valence-electron chi connectivity index (χ1n) is 4.00. The SMILES string of the molecule is ClCC1CCCC[C@@H]1CCl. The topological polar surface area (TPSA) is 0 Å². The summed E-state index contributed by atoms with van der Waals surface area (Å²) < 4.78 is 0. The van der Waals surface area contributed by atoms with Crippen molar-refractivity contribution in [2.45, 2.75) is 25.7 Å². The van der Waals surface area contributed by atoms with E-state index in [0.717, 1.165) is 11.8 Å². The second kappa shape index (κ2) is 4.46. The minimum Gasteiger partial charge on any atom is -0.126 e. The number of alkyl halides is 2. The molecule has 10 heavy (non-hydrogen) atoms. The molecule has 1 saturated carbocycles. The van der Waals surface area contributed by atoms with Gasteiger partial charge < -0.3 is 0 Å². The first-order valence-corrected chi connectivity index (χ1v) is 5.07. The normalized spacial score (nSPS) is 34.2. The summed E-state index contributed by atoms with van der Waals surface area (Å²) in [5.74, 6) is 3.01. The largest absolute Gasteiger partial charge is 0.126 e. The lowest BCUT2D eigenvalue weighted by Crippen LogP contribution is -2.21. The van der Waals surface area contributed by atoms with Gasteiger partial charge in [-0.2, -0.15) is 0 Å². The van der Waals surface area contributed by atoms with Crippen LogP contribution in [0.15, 0.2) is 0 Å². The second-order valence-electron chi connectivity index (χ2n) is 3.11. The van der Waals surface area contributed by atoms with E-state index in [1.807, 2.05) is 0 Å². The Morgan fingerprint density at radius 1 is 0.900 bits per heavy atom. The van der Waals surface area contributed by atoms with Crippen LogP contribution in [0, 0.1) is 11.8 Å². The lowest BCUT2D eigenvalue weighted by Gasteiger charge is -2.28. The van der Waals surface area contributed by atoms with Gasteiger partial charge in [0.15, 0.2) is 0 Å². The van der Waals surface area contributed by atoms with Crippen molar-refractivity contribution in [3.8, 4) is 0 Å². The van der Waals surface area contributed by atoms with Crippen molar-refractivity contribution < 1.29 is 0 Å². The van der Waals surface area contributed by atoms with Gasteiger partial charge in [-0.1, -0.05) is 12.8 Å². The van der Waals surface area contributed by atoms with E-state index < -0.39 is 0 Å². The molecule has 2 atom stereocenters. The predicted molar refractivity (Wildman–Crippen MR) is 46.9 cm³/mol. The zero-order chi connectivity index (χ0) is 7.40. The molecule has 0 heterocycles. The molecule has 0 bridgehead atoms. The molecule has 1 fully saturated rings. The molecular weight excluding hydrogens is 167 g/mol. The summed E-state index contributed by atoms with van der Waals surface area (Å²) in [7, 11) is 0. The molecule has 0 aromatic carbocycles. The van der Waals surface area contributed by atoms with Crippen LogP contribution in [0.25, 0.3) is 0 Å². The molecule has 0 aromatic rings. The molecule has 0 aromatic heterocycles. The van der Waals surface area contributed by atoms with Gasteiger partial charge in [0.2, 0.25) is 0 Å².